The van der Waals surface area contributed by atoms with Crippen molar-refractivity contribution in [3.05, 3.63) is 60.2 Å². The fraction of sp³-hybridized carbons (Fsp3) is 0.286. The standard InChI is InChI=1S/C14H17N3/c1-12(13-5-4-8-15-11-13)16-10-7-14-6-2-3-9-17-14/h2-6,8-9,11-12,16H,7,10H2,1H3/t12-/m0/s1. The monoisotopic (exact) mass is 227 g/mol. The van der Waals surface area contributed by atoms with Crippen LogP contribution in [0.1, 0.15) is 24.2 Å². The van der Waals surface area contributed by atoms with Crippen LogP contribution < -0.4 is 5.32 Å². The Balaban J connectivity index is 1.79. The lowest BCUT2D eigenvalue weighted by Crippen LogP contribution is -2.21. The maximum atomic E-state index is 4.30. The van der Waals surface area contributed by atoms with Crippen LogP contribution in [0.5, 0.6) is 0 Å². The summed E-state index contributed by atoms with van der Waals surface area (Å²) in [6.45, 7) is 3.07. The van der Waals surface area contributed by atoms with Crippen molar-refractivity contribution in [1.82, 2.24) is 15.3 Å². The van der Waals surface area contributed by atoms with E-state index in [1.807, 2.05) is 30.6 Å². The minimum absolute atomic E-state index is 0.326. The van der Waals surface area contributed by atoms with Crippen molar-refractivity contribution in [2.24, 2.45) is 0 Å². The molecule has 2 aromatic heterocycles. The molecule has 3 heteroatoms. The van der Waals surface area contributed by atoms with Crippen LogP contribution >= 0.6 is 0 Å². The molecular weight excluding hydrogens is 210 g/mol. The van der Waals surface area contributed by atoms with E-state index < -0.39 is 0 Å². The summed E-state index contributed by atoms with van der Waals surface area (Å²) in [5.74, 6) is 0. The number of hydrogen-bond acceptors (Lipinski definition) is 3. The summed E-state index contributed by atoms with van der Waals surface area (Å²) in [6.07, 6.45) is 6.48. The third-order valence-corrected chi connectivity index (χ3v) is 2.74. The Bertz CT molecular complexity index is 428. The van der Waals surface area contributed by atoms with E-state index in [9.17, 15) is 0 Å². The molecule has 88 valence electrons. The molecule has 0 aromatic carbocycles. The van der Waals surface area contributed by atoms with Gasteiger partial charge in [-0.25, -0.2) is 0 Å². The molecule has 0 aliphatic heterocycles. The first-order chi connectivity index (χ1) is 8.36. The largest absolute Gasteiger partial charge is 0.310 e. The van der Waals surface area contributed by atoms with Crippen LogP contribution in [-0.2, 0) is 6.42 Å². The molecule has 0 unspecified atom stereocenters. The quantitative estimate of drug-likeness (QED) is 0.852. The molecule has 0 amide bonds. The number of nitrogens with one attached hydrogen (secondary N) is 1. The lowest BCUT2D eigenvalue weighted by molar-refractivity contribution is 0.572. The van der Waals surface area contributed by atoms with Crippen LogP contribution in [0, 0.1) is 0 Å². The van der Waals surface area contributed by atoms with Gasteiger partial charge in [-0.15, -0.1) is 0 Å². The van der Waals surface area contributed by atoms with E-state index in [0.29, 0.717) is 6.04 Å². The average Bonchev–Trinajstić information content (AvgIpc) is 2.41. The fourth-order valence-corrected chi connectivity index (χ4v) is 1.71. The molecule has 0 saturated heterocycles. The fourth-order valence-electron chi connectivity index (χ4n) is 1.71. The van der Waals surface area contributed by atoms with Crippen LogP contribution in [0.15, 0.2) is 48.9 Å². The Kier molecular flexibility index (Phi) is 4.22. The maximum absolute atomic E-state index is 4.30. The first-order valence-electron chi connectivity index (χ1n) is 5.89. The van der Waals surface area contributed by atoms with E-state index in [1.165, 1.54) is 5.56 Å². The van der Waals surface area contributed by atoms with Gasteiger partial charge in [0.1, 0.15) is 0 Å². The second kappa shape index (κ2) is 6.11. The van der Waals surface area contributed by atoms with E-state index in [2.05, 4.69) is 34.3 Å². The van der Waals surface area contributed by atoms with Gasteiger partial charge in [0, 0.05) is 43.3 Å². The first-order valence-corrected chi connectivity index (χ1v) is 5.89. The molecule has 0 radical (unpaired) electrons. The molecule has 0 spiro atoms. The molecule has 2 heterocycles. The van der Waals surface area contributed by atoms with Gasteiger partial charge in [0.25, 0.3) is 0 Å². The van der Waals surface area contributed by atoms with Crippen molar-refractivity contribution in [3.8, 4) is 0 Å². The average molecular weight is 227 g/mol. The van der Waals surface area contributed by atoms with Crippen molar-refractivity contribution in [3.63, 3.8) is 0 Å². The van der Waals surface area contributed by atoms with Gasteiger partial charge in [-0.2, -0.15) is 0 Å². The molecule has 0 aliphatic rings. The second-order valence-corrected chi connectivity index (χ2v) is 4.03. The Morgan fingerprint density at radius 3 is 2.82 bits per heavy atom. The highest BCUT2D eigenvalue weighted by atomic mass is 14.9. The first kappa shape index (κ1) is 11.7. The molecule has 0 fully saturated rings. The summed E-state index contributed by atoms with van der Waals surface area (Å²) >= 11 is 0. The number of hydrogen-bond donors (Lipinski definition) is 1. The zero-order chi connectivity index (χ0) is 11.9. The van der Waals surface area contributed by atoms with Crippen molar-refractivity contribution in [1.29, 1.82) is 0 Å². The predicted octanol–water partition coefficient (Wildman–Crippen LogP) is 2.37. The van der Waals surface area contributed by atoms with Gasteiger partial charge in [0.15, 0.2) is 0 Å². The summed E-state index contributed by atoms with van der Waals surface area (Å²) in [5.41, 5.74) is 2.34. The number of nitrogens with zero attached hydrogens (tertiary/aromatic N) is 2. The Labute approximate surface area is 102 Å². The van der Waals surface area contributed by atoms with Crippen LogP contribution in [0.25, 0.3) is 0 Å². The van der Waals surface area contributed by atoms with Gasteiger partial charge in [-0.05, 0) is 30.7 Å². The van der Waals surface area contributed by atoms with E-state index in [0.717, 1.165) is 18.7 Å². The molecule has 3 nitrogen and oxygen atoms in total. The number of rotatable bonds is 5. The molecule has 2 rings (SSSR count). The highest BCUT2D eigenvalue weighted by Gasteiger charge is 2.03. The van der Waals surface area contributed by atoms with E-state index in [1.54, 1.807) is 6.20 Å². The SMILES string of the molecule is C[C@H](NCCc1ccccn1)c1cccnc1. The van der Waals surface area contributed by atoms with Gasteiger partial charge in [0.05, 0.1) is 0 Å². The van der Waals surface area contributed by atoms with Crippen LogP contribution in [0.3, 0.4) is 0 Å². The third-order valence-electron chi connectivity index (χ3n) is 2.74. The summed E-state index contributed by atoms with van der Waals surface area (Å²) in [6, 6.07) is 10.4. The molecule has 0 saturated carbocycles. The van der Waals surface area contributed by atoms with Crippen LogP contribution in [0.4, 0.5) is 0 Å². The molecule has 0 bridgehead atoms. The highest BCUT2D eigenvalue weighted by molar-refractivity contribution is 5.12. The molecule has 17 heavy (non-hydrogen) atoms. The Morgan fingerprint density at radius 1 is 1.18 bits per heavy atom. The molecule has 2 aromatic rings. The summed E-state index contributed by atoms with van der Waals surface area (Å²) in [4.78, 5) is 8.42. The summed E-state index contributed by atoms with van der Waals surface area (Å²) in [5, 5.41) is 3.47. The third kappa shape index (κ3) is 3.64. The van der Waals surface area contributed by atoms with Crippen molar-refractivity contribution >= 4 is 0 Å². The molecule has 1 atom stereocenters. The maximum Gasteiger partial charge on any atom is 0.0416 e. The smallest absolute Gasteiger partial charge is 0.0416 e. The molecular formula is C14H17N3. The lowest BCUT2D eigenvalue weighted by Gasteiger charge is -2.13. The summed E-state index contributed by atoms with van der Waals surface area (Å²) in [7, 11) is 0. The molecule has 0 aliphatic carbocycles. The van der Waals surface area contributed by atoms with E-state index >= 15 is 0 Å². The number of pyridine rings is 2. The van der Waals surface area contributed by atoms with E-state index in [-0.39, 0.29) is 0 Å². The van der Waals surface area contributed by atoms with Crippen LogP contribution in [-0.4, -0.2) is 16.5 Å². The Hall–Kier alpha value is -1.74. The summed E-state index contributed by atoms with van der Waals surface area (Å²) < 4.78 is 0. The van der Waals surface area contributed by atoms with Gasteiger partial charge in [-0.1, -0.05) is 12.1 Å². The van der Waals surface area contributed by atoms with Crippen molar-refractivity contribution in [2.75, 3.05) is 6.54 Å². The lowest BCUT2D eigenvalue weighted by atomic mass is 10.1. The van der Waals surface area contributed by atoms with Crippen LogP contribution in [0.2, 0.25) is 0 Å². The Morgan fingerprint density at radius 2 is 2.12 bits per heavy atom. The predicted molar refractivity (Wildman–Crippen MR) is 68.6 cm³/mol. The van der Waals surface area contributed by atoms with Gasteiger partial charge in [-0.3, -0.25) is 9.97 Å². The zero-order valence-corrected chi connectivity index (χ0v) is 10.0. The minimum atomic E-state index is 0.326. The second-order valence-electron chi connectivity index (χ2n) is 4.03. The van der Waals surface area contributed by atoms with Gasteiger partial charge >= 0.3 is 0 Å². The van der Waals surface area contributed by atoms with Gasteiger partial charge < -0.3 is 5.32 Å². The molecule has 1 N–H and O–H groups in total. The van der Waals surface area contributed by atoms with Gasteiger partial charge in [0.2, 0.25) is 0 Å². The number of aromatic nitrogens is 2. The van der Waals surface area contributed by atoms with Crippen molar-refractivity contribution < 1.29 is 0 Å². The van der Waals surface area contributed by atoms with E-state index in [4.69, 9.17) is 0 Å². The topological polar surface area (TPSA) is 37.8 Å². The highest BCUT2D eigenvalue weighted by Crippen LogP contribution is 2.09. The minimum Gasteiger partial charge on any atom is -0.310 e. The van der Waals surface area contributed by atoms with Crippen molar-refractivity contribution in [2.45, 2.75) is 19.4 Å². The normalized spacial score (nSPS) is 12.3. The zero-order valence-electron chi connectivity index (χ0n) is 10.0.